The molecule has 0 aromatic heterocycles. The second-order valence-corrected chi connectivity index (χ2v) is 7.97. The Morgan fingerprint density at radius 1 is 1.21 bits per heavy atom. The van der Waals surface area contributed by atoms with E-state index in [0.717, 1.165) is 12.1 Å². The number of carbonyl (C=O) groups excluding carboxylic acids is 2. The summed E-state index contributed by atoms with van der Waals surface area (Å²) in [4.78, 5) is 26.4. The monoisotopic (exact) mass is 402 g/mol. The first kappa shape index (κ1) is 21.8. The van der Waals surface area contributed by atoms with Gasteiger partial charge in [-0.15, -0.1) is 0 Å². The van der Waals surface area contributed by atoms with Crippen molar-refractivity contribution in [1.82, 2.24) is 4.90 Å². The number of phenolic OH excluding ortho intramolecular Hbond substituents is 1. The largest absolute Gasteiger partial charge is 0.506 e. The number of nitrogens with zero attached hydrogens (tertiary/aromatic N) is 1. The predicted molar refractivity (Wildman–Crippen MR) is 96.9 cm³/mol. The van der Waals surface area contributed by atoms with Crippen molar-refractivity contribution >= 4 is 17.7 Å². The van der Waals surface area contributed by atoms with Crippen LogP contribution >= 0.6 is 0 Å². The van der Waals surface area contributed by atoms with E-state index < -0.39 is 41.0 Å². The number of piperidine rings is 1. The van der Waals surface area contributed by atoms with E-state index in [-0.39, 0.29) is 18.3 Å². The number of hydrogen-bond donors (Lipinski definition) is 2. The zero-order valence-corrected chi connectivity index (χ0v) is 16.3. The number of benzene rings is 1. The molecule has 28 heavy (non-hydrogen) atoms. The van der Waals surface area contributed by atoms with Gasteiger partial charge in [-0.25, -0.2) is 4.79 Å². The zero-order valence-electron chi connectivity index (χ0n) is 16.3. The molecule has 0 radical (unpaired) electrons. The van der Waals surface area contributed by atoms with E-state index >= 15 is 0 Å². The third-order valence-corrected chi connectivity index (χ3v) is 4.46. The molecule has 1 aromatic rings. The van der Waals surface area contributed by atoms with Gasteiger partial charge in [-0.2, -0.15) is 13.2 Å². The second kappa shape index (κ2) is 7.89. The number of rotatable bonds is 2. The van der Waals surface area contributed by atoms with E-state index in [9.17, 15) is 27.9 Å². The molecule has 0 aliphatic carbocycles. The Labute approximate surface area is 161 Å². The highest BCUT2D eigenvalue weighted by molar-refractivity contribution is 5.94. The molecule has 0 spiro atoms. The average Bonchev–Trinajstić information content (AvgIpc) is 2.54. The van der Waals surface area contributed by atoms with Gasteiger partial charge in [0.1, 0.15) is 11.4 Å². The lowest BCUT2D eigenvalue weighted by Gasteiger charge is -2.38. The Hall–Kier alpha value is -2.45. The minimum atomic E-state index is -4.60. The van der Waals surface area contributed by atoms with E-state index in [2.05, 4.69) is 5.32 Å². The summed E-state index contributed by atoms with van der Waals surface area (Å²) in [6, 6.07) is 2.18. The van der Waals surface area contributed by atoms with Crippen molar-refractivity contribution in [2.45, 2.75) is 58.4 Å². The van der Waals surface area contributed by atoms with Crippen LogP contribution in [0, 0.1) is 5.92 Å². The van der Waals surface area contributed by atoms with Crippen LogP contribution in [0.5, 0.6) is 5.75 Å². The number of carbonyl (C=O) groups is 2. The van der Waals surface area contributed by atoms with Crippen LogP contribution in [0.15, 0.2) is 18.2 Å². The van der Waals surface area contributed by atoms with Gasteiger partial charge in [0.2, 0.25) is 5.91 Å². The molecule has 2 rings (SSSR count). The van der Waals surface area contributed by atoms with Crippen molar-refractivity contribution < 1.29 is 32.6 Å². The molecule has 156 valence electrons. The van der Waals surface area contributed by atoms with Crippen LogP contribution in [0.25, 0.3) is 0 Å². The summed E-state index contributed by atoms with van der Waals surface area (Å²) < 4.78 is 43.9. The van der Waals surface area contributed by atoms with Crippen molar-refractivity contribution in [3.63, 3.8) is 0 Å². The molecule has 0 unspecified atom stereocenters. The Bertz CT molecular complexity index is 744. The van der Waals surface area contributed by atoms with Crippen LogP contribution in [-0.4, -0.2) is 40.2 Å². The first-order chi connectivity index (χ1) is 12.8. The van der Waals surface area contributed by atoms with E-state index in [0.29, 0.717) is 18.9 Å². The van der Waals surface area contributed by atoms with Crippen LogP contribution < -0.4 is 5.32 Å². The highest BCUT2D eigenvalue weighted by atomic mass is 19.4. The zero-order chi connectivity index (χ0) is 21.3. The Morgan fingerprint density at radius 3 is 2.43 bits per heavy atom. The smallest absolute Gasteiger partial charge is 0.416 e. The van der Waals surface area contributed by atoms with E-state index in [1.165, 1.54) is 4.90 Å². The second-order valence-electron chi connectivity index (χ2n) is 7.97. The summed E-state index contributed by atoms with van der Waals surface area (Å²) >= 11 is 0. The van der Waals surface area contributed by atoms with Crippen molar-refractivity contribution in [2.24, 2.45) is 5.92 Å². The van der Waals surface area contributed by atoms with Gasteiger partial charge in [0, 0.05) is 12.6 Å². The standard InChI is InChI=1S/C19H25F3N2O4/c1-11-5-6-12(10-24(11)17(27)28-18(2,3)4)16(26)23-14-9-13(19(20,21)22)7-8-15(14)25/h7-9,11-12,25H,5-6,10H2,1-4H3,(H,23,26)/t11-,12-/m1/s1. The van der Waals surface area contributed by atoms with Crippen LogP contribution in [0.3, 0.4) is 0 Å². The summed E-state index contributed by atoms with van der Waals surface area (Å²) in [5.41, 5.74) is -1.98. The van der Waals surface area contributed by atoms with Crippen LogP contribution in [0.1, 0.15) is 46.1 Å². The van der Waals surface area contributed by atoms with E-state index in [1.54, 1.807) is 20.8 Å². The molecule has 1 heterocycles. The number of amides is 2. The maximum absolute atomic E-state index is 12.9. The highest BCUT2D eigenvalue weighted by Crippen LogP contribution is 2.35. The Kier molecular flexibility index (Phi) is 6.15. The SMILES string of the molecule is C[C@@H]1CC[C@@H](C(=O)Nc2cc(C(F)(F)F)ccc2O)CN1C(=O)OC(C)(C)C. The topological polar surface area (TPSA) is 78.9 Å². The van der Waals surface area contributed by atoms with Crippen molar-refractivity contribution in [3.05, 3.63) is 23.8 Å². The number of likely N-dealkylation sites (tertiary alicyclic amines) is 1. The number of phenols is 1. The third kappa shape index (κ3) is 5.53. The maximum atomic E-state index is 12.9. The molecular formula is C19H25F3N2O4. The molecule has 0 bridgehead atoms. The maximum Gasteiger partial charge on any atom is 0.416 e. The van der Waals surface area contributed by atoms with Gasteiger partial charge in [-0.3, -0.25) is 4.79 Å². The van der Waals surface area contributed by atoms with Crippen LogP contribution in [0.4, 0.5) is 23.7 Å². The molecule has 1 fully saturated rings. The average molecular weight is 402 g/mol. The fourth-order valence-electron chi connectivity index (χ4n) is 2.94. The highest BCUT2D eigenvalue weighted by Gasteiger charge is 2.36. The van der Waals surface area contributed by atoms with Crippen molar-refractivity contribution in [2.75, 3.05) is 11.9 Å². The summed E-state index contributed by atoms with van der Waals surface area (Å²) in [5.74, 6) is -1.65. The summed E-state index contributed by atoms with van der Waals surface area (Å²) in [5, 5.41) is 12.1. The van der Waals surface area contributed by atoms with Gasteiger partial charge in [-0.05, 0) is 58.7 Å². The Morgan fingerprint density at radius 2 is 1.86 bits per heavy atom. The van der Waals surface area contributed by atoms with Gasteiger partial charge in [0.25, 0.3) is 0 Å². The van der Waals surface area contributed by atoms with Crippen molar-refractivity contribution in [1.29, 1.82) is 0 Å². The fraction of sp³-hybridized carbons (Fsp3) is 0.579. The quantitative estimate of drug-likeness (QED) is 0.720. The van der Waals surface area contributed by atoms with Crippen LogP contribution in [-0.2, 0) is 15.7 Å². The molecule has 2 amide bonds. The minimum absolute atomic E-state index is 0.0850. The molecule has 9 heteroatoms. The van der Waals surface area contributed by atoms with Gasteiger partial charge in [0.05, 0.1) is 17.2 Å². The molecule has 2 atom stereocenters. The summed E-state index contributed by atoms with van der Waals surface area (Å²) in [7, 11) is 0. The lowest BCUT2D eigenvalue weighted by Crippen LogP contribution is -2.49. The summed E-state index contributed by atoms with van der Waals surface area (Å²) in [6.07, 6.45) is -4.13. The number of alkyl halides is 3. The lowest BCUT2D eigenvalue weighted by atomic mass is 9.93. The number of ether oxygens (including phenoxy) is 1. The third-order valence-electron chi connectivity index (χ3n) is 4.46. The van der Waals surface area contributed by atoms with Crippen molar-refractivity contribution in [3.8, 4) is 5.75 Å². The number of anilines is 1. The first-order valence-electron chi connectivity index (χ1n) is 8.98. The molecule has 1 aromatic carbocycles. The van der Waals surface area contributed by atoms with E-state index in [1.807, 2.05) is 6.92 Å². The molecule has 2 N–H and O–H groups in total. The predicted octanol–water partition coefficient (Wildman–Crippen LogP) is 4.39. The fourth-order valence-corrected chi connectivity index (χ4v) is 2.94. The molecule has 1 saturated heterocycles. The number of halogens is 3. The number of hydrogen-bond acceptors (Lipinski definition) is 4. The molecular weight excluding hydrogens is 377 g/mol. The summed E-state index contributed by atoms with van der Waals surface area (Å²) in [6.45, 7) is 7.14. The molecule has 1 aliphatic rings. The van der Waals surface area contributed by atoms with Gasteiger partial charge < -0.3 is 20.1 Å². The van der Waals surface area contributed by atoms with Gasteiger partial charge >= 0.3 is 12.3 Å². The Balaban J connectivity index is 2.11. The molecule has 1 aliphatic heterocycles. The van der Waals surface area contributed by atoms with Gasteiger partial charge in [0.15, 0.2) is 0 Å². The van der Waals surface area contributed by atoms with Crippen LogP contribution in [0.2, 0.25) is 0 Å². The normalized spacial score (nSPS) is 20.6. The minimum Gasteiger partial charge on any atom is -0.506 e. The first-order valence-corrected chi connectivity index (χ1v) is 8.98. The molecule has 0 saturated carbocycles. The van der Waals surface area contributed by atoms with Gasteiger partial charge in [-0.1, -0.05) is 0 Å². The lowest BCUT2D eigenvalue weighted by molar-refractivity contribution is -0.137. The number of aromatic hydroxyl groups is 1. The molecule has 6 nitrogen and oxygen atoms in total. The number of nitrogens with one attached hydrogen (secondary N) is 1. The van der Waals surface area contributed by atoms with E-state index in [4.69, 9.17) is 4.74 Å².